The van der Waals surface area contributed by atoms with Crippen LogP contribution in [0, 0.1) is 5.92 Å². The van der Waals surface area contributed by atoms with E-state index in [0.29, 0.717) is 12.1 Å². The minimum atomic E-state index is -4.61. The van der Waals surface area contributed by atoms with Crippen molar-refractivity contribution in [3.8, 4) is 0 Å². The summed E-state index contributed by atoms with van der Waals surface area (Å²) in [5, 5.41) is 10.8. The van der Waals surface area contributed by atoms with Crippen molar-refractivity contribution in [3.63, 3.8) is 0 Å². The fraction of sp³-hybridized carbons (Fsp3) is 0.409. The number of alkyl halides is 3. The van der Waals surface area contributed by atoms with E-state index in [1.165, 1.54) is 19.3 Å². The SMILES string of the molecule is CC1CCC1.Cn1cnnc1Cc1cccc(NCc2ncc(SF)cc2C(F)(F)F)c1. The molecule has 1 saturated carbocycles. The Kier molecular flexibility index (Phi) is 8.11. The molecule has 1 aliphatic carbocycles. The molecule has 5 nitrogen and oxygen atoms in total. The molecule has 10 heteroatoms. The number of anilines is 1. The molecule has 0 spiro atoms. The van der Waals surface area contributed by atoms with E-state index >= 15 is 0 Å². The average Bonchev–Trinajstić information content (AvgIpc) is 3.15. The first kappa shape index (κ1) is 24.0. The lowest BCUT2D eigenvalue weighted by molar-refractivity contribution is -0.138. The molecule has 0 radical (unpaired) electrons. The van der Waals surface area contributed by atoms with Crippen LogP contribution in [0.25, 0.3) is 0 Å². The van der Waals surface area contributed by atoms with Gasteiger partial charge in [0.15, 0.2) is 0 Å². The Bertz CT molecular complexity index is 1020. The zero-order valence-electron chi connectivity index (χ0n) is 17.9. The summed E-state index contributed by atoms with van der Waals surface area (Å²) >= 11 is -0.269. The molecule has 1 fully saturated rings. The van der Waals surface area contributed by atoms with Gasteiger partial charge < -0.3 is 9.88 Å². The van der Waals surface area contributed by atoms with Gasteiger partial charge in [-0.3, -0.25) is 4.98 Å². The van der Waals surface area contributed by atoms with E-state index in [0.717, 1.165) is 29.6 Å². The average molecular weight is 468 g/mol. The maximum atomic E-state index is 13.2. The number of hydrogen-bond donors (Lipinski definition) is 1. The number of nitrogens with zero attached hydrogens (tertiary/aromatic N) is 4. The molecule has 3 aromatic rings. The molecule has 1 aromatic carbocycles. The highest BCUT2D eigenvalue weighted by Gasteiger charge is 2.34. The molecule has 172 valence electrons. The number of aryl methyl sites for hydroxylation is 1. The second-order valence-electron chi connectivity index (χ2n) is 7.87. The van der Waals surface area contributed by atoms with Gasteiger partial charge >= 0.3 is 6.18 Å². The molecule has 0 aliphatic heterocycles. The third kappa shape index (κ3) is 6.69. The highest BCUT2D eigenvalue weighted by atomic mass is 32.2. The number of benzene rings is 1. The number of aromatic nitrogens is 4. The minimum absolute atomic E-state index is 0.139. The first-order valence-electron chi connectivity index (χ1n) is 10.3. The second-order valence-corrected chi connectivity index (χ2v) is 8.49. The maximum absolute atomic E-state index is 13.2. The molecule has 2 aromatic heterocycles. The summed E-state index contributed by atoms with van der Waals surface area (Å²) in [4.78, 5) is 3.58. The summed E-state index contributed by atoms with van der Waals surface area (Å²) in [7, 11) is 1.83. The van der Waals surface area contributed by atoms with Crippen LogP contribution in [-0.2, 0) is 26.2 Å². The Labute approximate surface area is 189 Å². The lowest BCUT2D eigenvalue weighted by Gasteiger charge is -2.18. The van der Waals surface area contributed by atoms with E-state index in [-0.39, 0.29) is 29.3 Å². The van der Waals surface area contributed by atoms with E-state index in [1.807, 2.05) is 19.2 Å². The van der Waals surface area contributed by atoms with Crippen LogP contribution >= 0.6 is 12.1 Å². The predicted molar refractivity (Wildman–Crippen MR) is 117 cm³/mol. The van der Waals surface area contributed by atoms with Gasteiger partial charge in [0.1, 0.15) is 12.2 Å². The molecule has 0 unspecified atom stereocenters. The number of hydrogen-bond acceptors (Lipinski definition) is 5. The maximum Gasteiger partial charge on any atom is 0.418 e. The minimum Gasteiger partial charge on any atom is -0.379 e. The van der Waals surface area contributed by atoms with Crippen LogP contribution < -0.4 is 5.32 Å². The summed E-state index contributed by atoms with van der Waals surface area (Å²) in [5.41, 5.74) is 0.435. The zero-order valence-corrected chi connectivity index (χ0v) is 18.7. The topological polar surface area (TPSA) is 55.6 Å². The van der Waals surface area contributed by atoms with E-state index < -0.39 is 11.7 Å². The molecule has 1 N–H and O–H groups in total. The summed E-state index contributed by atoms with van der Waals surface area (Å²) in [5.74, 6) is 1.84. The summed E-state index contributed by atoms with van der Waals surface area (Å²) < 4.78 is 54.0. The lowest BCUT2D eigenvalue weighted by Crippen LogP contribution is -2.14. The highest BCUT2D eigenvalue weighted by molar-refractivity contribution is 7.94. The normalized spacial score (nSPS) is 13.8. The van der Waals surface area contributed by atoms with Crippen molar-refractivity contribution >= 4 is 17.8 Å². The van der Waals surface area contributed by atoms with Gasteiger partial charge in [-0.15, -0.1) is 10.2 Å². The van der Waals surface area contributed by atoms with Crippen LogP contribution in [0.2, 0.25) is 0 Å². The number of halogens is 4. The lowest BCUT2D eigenvalue weighted by atomic mass is 9.88. The van der Waals surface area contributed by atoms with Crippen molar-refractivity contribution < 1.29 is 17.1 Å². The number of pyridine rings is 1. The number of nitrogens with one attached hydrogen (secondary N) is 1. The van der Waals surface area contributed by atoms with E-state index in [9.17, 15) is 17.1 Å². The van der Waals surface area contributed by atoms with Crippen LogP contribution in [0.15, 0.2) is 47.8 Å². The quantitative estimate of drug-likeness (QED) is 0.437. The van der Waals surface area contributed by atoms with Crippen molar-refractivity contribution in [1.82, 2.24) is 19.7 Å². The third-order valence-electron chi connectivity index (χ3n) is 5.29. The van der Waals surface area contributed by atoms with E-state index in [2.05, 4.69) is 27.4 Å². The summed E-state index contributed by atoms with van der Waals surface area (Å²) in [6.45, 7) is 2.17. The molecule has 0 bridgehead atoms. The second kappa shape index (κ2) is 10.8. The van der Waals surface area contributed by atoms with Crippen LogP contribution in [-0.4, -0.2) is 19.7 Å². The van der Waals surface area contributed by atoms with Gasteiger partial charge in [-0.05, 0) is 29.7 Å². The fourth-order valence-electron chi connectivity index (χ4n) is 3.14. The van der Waals surface area contributed by atoms with Crippen molar-refractivity contribution in [1.29, 1.82) is 0 Å². The Morgan fingerprint density at radius 2 is 1.97 bits per heavy atom. The molecule has 0 atom stereocenters. The number of rotatable bonds is 6. The highest BCUT2D eigenvalue weighted by Crippen LogP contribution is 2.34. The Morgan fingerprint density at radius 3 is 2.53 bits per heavy atom. The Morgan fingerprint density at radius 1 is 1.22 bits per heavy atom. The Balaban J connectivity index is 0.000000509. The smallest absolute Gasteiger partial charge is 0.379 e. The Hall–Kier alpha value is -2.62. The van der Waals surface area contributed by atoms with Gasteiger partial charge in [-0.2, -0.15) is 17.1 Å². The zero-order chi connectivity index (χ0) is 23.1. The molecule has 2 heterocycles. The van der Waals surface area contributed by atoms with Crippen molar-refractivity contribution in [2.24, 2.45) is 13.0 Å². The van der Waals surface area contributed by atoms with Gasteiger partial charge in [-0.1, -0.05) is 38.3 Å². The van der Waals surface area contributed by atoms with Gasteiger partial charge in [0, 0.05) is 25.4 Å². The van der Waals surface area contributed by atoms with Crippen LogP contribution in [0.4, 0.5) is 22.7 Å². The summed E-state index contributed by atoms with van der Waals surface area (Å²) in [6, 6.07) is 8.04. The van der Waals surface area contributed by atoms with Crippen molar-refractivity contribution in [2.45, 2.75) is 50.2 Å². The van der Waals surface area contributed by atoms with Crippen molar-refractivity contribution in [2.75, 3.05) is 5.32 Å². The molecule has 0 amide bonds. The third-order valence-corrected chi connectivity index (χ3v) is 5.69. The fourth-order valence-corrected chi connectivity index (χ4v) is 3.40. The van der Waals surface area contributed by atoms with Gasteiger partial charge in [0.2, 0.25) is 0 Å². The van der Waals surface area contributed by atoms with Crippen LogP contribution in [0.5, 0.6) is 0 Å². The molecule has 4 rings (SSSR count). The monoisotopic (exact) mass is 467 g/mol. The predicted octanol–water partition coefficient (Wildman–Crippen LogP) is 6.21. The van der Waals surface area contributed by atoms with Crippen LogP contribution in [0.3, 0.4) is 0 Å². The van der Waals surface area contributed by atoms with Gasteiger partial charge in [0.25, 0.3) is 0 Å². The first-order valence-corrected chi connectivity index (χ1v) is 11.0. The first-order chi connectivity index (χ1) is 15.3. The molecular formula is C22H25F4N5S. The summed E-state index contributed by atoms with van der Waals surface area (Å²) in [6.07, 6.45) is 3.08. The molecule has 1 aliphatic rings. The molecular weight excluding hydrogens is 442 g/mol. The standard InChI is InChI=1S/C17H15F4N5S.C5H10/c1-26-10-24-25-16(26)6-11-3-2-4-12(5-11)22-9-15-14(17(18,19)20)7-13(27-21)8-23-15;1-5-3-2-4-5/h2-5,7-8,10,22H,6,9H2,1H3;5H,2-4H2,1H3. The van der Waals surface area contributed by atoms with Crippen molar-refractivity contribution in [3.05, 3.63) is 65.5 Å². The largest absolute Gasteiger partial charge is 0.418 e. The van der Waals surface area contributed by atoms with Gasteiger partial charge in [-0.25, -0.2) is 0 Å². The molecule has 0 saturated heterocycles. The van der Waals surface area contributed by atoms with Gasteiger partial charge in [0.05, 0.1) is 34.8 Å². The molecule has 32 heavy (non-hydrogen) atoms. The van der Waals surface area contributed by atoms with E-state index in [1.54, 1.807) is 23.0 Å². The van der Waals surface area contributed by atoms with Crippen LogP contribution in [0.1, 0.15) is 48.8 Å². The van der Waals surface area contributed by atoms with E-state index in [4.69, 9.17) is 0 Å².